The van der Waals surface area contributed by atoms with Crippen LogP contribution in [0.25, 0.3) is 0 Å². The van der Waals surface area contributed by atoms with Gasteiger partial charge in [0.25, 0.3) is 0 Å². The summed E-state index contributed by atoms with van der Waals surface area (Å²) in [5.41, 5.74) is 0.0964. The van der Waals surface area contributed by atoms with E-state index in [1.807, 2.05) is 0 Å². The Morgan fingerprint density at radius 3 is 2.42 bits per heavy atom. The van der Waals surface area contributed by atoms with E-state index in [2.05, 4.69) is 27.7 Å². The average molecular weight is 168 g/mol. The largest absolute Gasteiger partial charge is 0.458 e. The summed E-state index contributed by atoms with van der Waals surface area (Å²) >= 11 is 0. The standard InChI is InChI=1S/C10H16O2/c1-6(2)10-7(9(10,3)4)5-8(11)12-10/h6-7H,5H2,1-4H3. The van der Waals surface area contributed by atoms with Crippen molar-refractivity contribution in [3.05, 3.63) is 0 Å². The summed E-state index contributed by atoms with van der Waals surface area (Å²) in [4.78, 5) is 11.1. The van der Waals surface area contributed by atoms with Crippen LogP contribution in [0, 0.1) is 17.3 Å². The Balaban J connectivity index is 2.30. The van der Waals surface area contributed by atoms with Crippen LogP contribution >= 0.6 is 0 Å². The molecule has 2 fully saturated rings. The Morgan fingerprint density at radius 1 is 1.50 bits per heavy atom. The van der Waals surface area contributed by atoms with Crippen LogP contribution in [0.3, 0.4) is 0 Å². The van der Waals surface area contributed by atoms with Crippen LogP contribution in [0.1, 0.15) is 34.1 Å². The topological polar surface area (TPSA) is 26.3 Å². The quantitative estimate of drug-likeness (QED) is 0.560. The number of ether oxygens (including phenoxy) is 1. The third-order valence-electron chi connectivity index (χ3n) is 3.82. The lowest BCUT2D eigenvalue weighted by molar-refractivity contribution is -0.151. The van der Waals surface area contributed by atoms with Crippen LogP contribution in [-0.2, 0) is 9.53 Å². The number of hydrogen-bond acceptors (Lipinski definition) is 2. The lowest BCUT2D eigenvalue weighted by Crippen LogP contribution is -2.28. The first-order chi connectivity index (χ1) is 5.43. The Morgan fingerprint density at radius 2 is 2.08 bits per heavy atom. The van der Waals surface area contributed by atoms with Gasteiger partial charge in [0.15, 0.2) is 0 Å². The van der Waals surface area contributed by atoms with Gasteiger partial charge in [0.05, 0.1) is 6.42 Å². The molecule has 1 saturated heterocycles. The predicted molar refractivity (Wildman–Crippen MR) is 45.5 cm³/mol. The molecular formula is C10H16O2. The lowest BCUT2D eigenvalue weighted by Gasteiger charge is -2.22. The molecule has 1 aliphatic carbocycles. The van der Waals surface area contributed by atoms with E-state index in [4.69, 9.17) is 4.74 Å². The van der Waals surface area contributed by atoms with E-state index in [0.29, 0.717) is 18.3 Å². The SMILES string of the molecule is CC(C)C12OC(=O)CC1C2(C)C. The molecule has 2 unspecified atom stereocenters. The fourth-order valence-corrected chi connectivity index (χ4v) is 3.13. The van der Waals surface area contributed by atoms with Crippen molar-refractivity contribution in [3.63, 3.8) is 0 Å². The molecule has 0 spiro atoms. The number of hydrogen-bond donors (Lipinski definition) is 0. The molecule has 0 aromatic rings. The number of fused-ring (bicyclic) bond motifs is 1. The number of carbonyl (C=O) groups is 1. The van der Waals surface area contributed by atoms with Gasteiger partial charge in [-0.15, -0.1) is 0 Å². The van der Waals surface area contributed by atoms with Crippen molar-refractivity contribution < 1.29 is 9.53 Å². The van der Waals surface area contributed by atoms with Gasteiger partial charge < -0.3 is 4.74 Å². The molecule has 2 heteroatoms. The van der Waals surface area contributed by atoms with Crippen LogP contribution in [-0.4, -0.2) is 11.6 Å². The molecule has 1 heterocycles. The molecule has 0 bridgehead atoms. The first-order valence-corrected chi connectivity index (χ1v) is 4.64. The lowest BCUT2D eigenvalue weighted by atomic mass is 9.96. The highest BCUT2D eigenvalue weighted by molar-refractivity contribution is 5.76. The highest BCUT2D eigenvalue weighted by atomic mass is 16.6. The van der Waals surface area contributed by atoms with E-state index in [9.17, 15) is 4.79 Å². The molecule has 2 rings (SSSR count). The number of rotatable bonds is 1. The van der Waals surface area contributed by atoms with Gasteiger partial charge in [0.1, 0.15) is 5.60 Å². The second-order valence-electron chi connectivity index (χ2n) is 4.90. The van der Waals surface area contributed by atoms with Crippen LogP contribution < -0.4 is 0 Å². The molecule has 2 atom stereocenters. The highest BCUT2D eigenvalue weighted by Crippen LogP contribution is 2.71. The Bertz CT molecular complexity index is 242. The zero-order chi connectivity index (χ0) is 9.15. The van der Waals surface area contributed by atoms with Gasteiger partial charge in [-0.05, 0) is 5.92 Å². The van der Waals surface area contributed by atoms with E-state index >= 15 is 0 Å². The van der Waals surface area contributed by atoms with Crippen LogP contribution in [0.15, 0.2) is 0 Å². The predicted octanol–water partition coefficient (Wildman–Crippen LogP) is 1.98. The smallest absolute Gasteiger partial charge is 0.306 e. The third kappa shape index (κ3) is 0.606. The molecule has 0 amide bonds. The summed E-state index contributed by atoms with van der Waals surface area (Å²) in [5.74, 6) is 0.912. The first-order valence-electron chi connectivity index (χ1n) is 4.64. The Labute approximate surface area is 73.3 Å². The number of esters is 1. The van der Waals surface area contributed by atoms with Gasteiger partial charge in [-0.2, -0.15) is 0 Å². The summed E-state index contributed by atoms with van der Waals surface area (Å²) in [6.45, 7) is 8.68. The maximum atomic E-state index is 11.1. The second kappa shape index (κ2) is 1.86. The fraction of sp³-hybridized carbons (Fsp3) is 0.900. The zero-order valence-electron chi connectivity index (χ0n) is 8.18. The van der Waals surface area contributed by atoms with Crippen molar-refractivity contribution in [2.45, 2.75) is 39.7 Å². The molecule has 2 aliphatic rings. The minimum atomic E-state index is -0.121. The van der Waals surface area contributed by atoms with E-state index in [1.165, 1.54) is 0 Å². The monoisotopic (exact) mass is 168 g/mol. The summed E-state index contributed by atoms with van der Waals surface area (Å²) in [7, 11) is 0. The van der Waals surface area contributed by atoms with Gasteiger partial charge >= 0.3 is 5.97 Å². The van der Waals surface area contributed by atoms with Gasteiger partial charge in [-0.3, -0.25) is 4.79 Å². The Kier molecular flexibility index (Phi) is 1.25. The minimum absolute atomic E-state index is 0.00646. The molecule has 0 radical (unpaired) electrons. The molecule has 68 valence electrons. The minimum Gasteiger partial charge on any atom is -0.458 e. The summed E-state index contributed by atoms with van der Waals surface area (Å²) < 4.78 is 5.46. The van der Waals surface area contributed by atoms with Crippen molar-refractivity contribution in [2.75, 3.05) is 0 Å². The van der Waals surface area contributed by atoms with Crippen molar-refractivity contribution in [3.8, 4) is 0 Å². The molecule has 12 heavy (non-hydrogen) atoms. The normalized spacial score (nSPS) is 42.8. The molecule has 2 nitrogen and oxygen atoms in total. The van der Waals surface area contributed by atoms with Crippen LogP contribution in [0.5, 0.6) is 0 Å². The van der Waals surface area contributed by atoms with Crippen molar-refractivity contribution in [1.29, 1.82) is 0 Å². The van der Waals surface area contributed by atoms with Gasteiger partial charge in [-0.25, -0.2) is 0 Å². The molecule has 0 aromatic heterocycles. The fourth-order valence-electron chi connectivity index (χ4n) is 3.13. The van der Waals surface area contributed by atoms with Crippen molar-refractivity contribution >= 4 is 5.97 Å². The third-order valence-corrected chi connectivity index (χ3v) is 3.82. The molecule has 0 N–H and O–H groups in total. The van der Waals surface area contributed by atoms with Crippen LogP contribution in [0.2, 0.25) is 0 Å². The highest BCUT2D eigenvalue weighted by Gasteiger charge is 2.78. The molecule has 1 saturated carbocycles. The van der Waals surface area contributed by atoms with Crippen molar-refractivity contribution in [1.82, 2.24) is 0 Å². The maximum Gasteiger partial charge on any atom is 0.306 e. The summed E-state index contributed by atoms with van der Waals surface area (Å²) in [6.07, 6.45) is 0.630. The first kappa shape index (κ1) is 8.09. The van der Waals surface area contributed by atoms with Gasteiger partial charge in [0.2, 0.25) is 0 Å². The van der Waals surface area contributed by atoms with Gasteiger partial charge in [-0.1, -0.05) is 27.7 Å². The van der Waals surface area contributed by atoms with E-state index in [0.717, 1.165) is 0 Å². The maximum absolute atomic E-state index is 11.1. The zero-order valence-corrected chi connectivity index (χ0v) is 8.18. The van der Waals surface area contributed by atoms with E-state index in [-0.39, 0.29) is 17.0 Å². The van der Waals surface area contributed by atoms with Crippen molar-refractivity contribution in [2.24, 2.45) is 17.3 Å². The van der Waals surface area contributed by atoms with E-state index < -0.39 is 0 Å². The summed E-state index contributed by atoms with van der Waals surface area (Å²) in [6, 6.07) is 0. The van der Waals surface area contributed by atoms with Crippen LogP contribution in [0.4, 0.5) is 0 Å². The summed E-state index contributed by atoms with van der Waals surface area (Å²) in [5, 5.41) is 0. The molecule has 1 aliphatic heterocycles. The second-order valence-corrected chi connectivity index (χ2v) is 4.90. The van der Waals surface area contributed by atoms with Gasteiger partial charge in [0, 0.05) is 11.3 Å². The average Bonchev–Trinajstić information content (AvgIpc) is 2.34. The number of carbonyl (C=O) groups excluding carboxylic acids is 1. The molecule has 0 aromatic carbocycles. The van der Waals surface area contributed by atoms with E-state index in [1.54, 1.807) is 0 Å². The Hall–Kier alpha value is -0.530. The molecular weight excluding hydrogens is 152 g/mol.